The lowest BCUT2D eigenvalue weighted by atomic mass is 10.2. The standard InChI is InChI=1S/C25H20F3N5O/c1-16-21(15-30-33(16)23-11-6-18(14-29-23)25(26,27)28)24(34)31-19-7-9-20(10-8-19)32-13-12-17-4-2-3-5-22(17)32/h2-11,14-15H,12-13H2,1H3,(H,31,34). The number of halogens is 3. The van der Waals surface area contributed by atoms with Crippen LogP contribution in [0.4, 0.5) is 30.2 Å². The molecule has 0 bridgehead atoms. The van der Waals surface area contributed by atoms with Crippen LogP contribution in [0.3, 0.4) is 0 Å². The second kappa shape index (κ2) is 8.33. The molecule has 0 radical (unpaired) electrons. The highest BCUT2D eigenvalue weighted by Crippen LogP contribution is 2.34. The second-order valence-electron chi connectivity index (χ2n) is 7.99. The molecule has 0 saturated carbocycles. The summed E-state index contributed by atoms with van der Waals surface area (Å²) in [5.41, 5.74) is 4.10. The molecule has 172 valence electrons. The van der Waals surface area contributed by atoms with E-state index in [1.54, 1.807) is 6.92 Å². The van der Waals surface area contributed by atoms with E-state index in [1.165, 1.54) is 28.2 Å². The van der Waals surface area contributed by atoms with Crippen LogP contribution in [0.15, 0.2) is 73.1 Å². The van der Waals surface area contributed by atoms with Crippen LogP contribution in [-0.4, -0.2) is 27.2 Å². The number of amides is 1. The van der Waals surface area contributed by atoms with Crippen LogP contribution >= 0.6 is 0 Å². The summed E-state index contributed by atoms with van der Waals surface area (Å²) in [6, 6.07) is 18.0. The summed E-state index contributed by atoms with van der Waals surface area (Å²) in [5.74, 6) is -0.172. The fourth-order valence-corrected chi connectivity index (χ4v) is 4.07. The Balaban J connectivity index is 1.30. The average molecular weight is 463 g/mol. The lowest BCUT2D eigenvalue weighted by molar-refractivity contribution is -0.137. The predicted octanol–water partition coefficient (Wildman–Crippen LogP) is 5.54. The molecule has 34 heavy (non-hydrogen) atoms. The highest BCUT2D eigenvalue weighted by molar-refractivity contribution is 6.05. The van der Waals surface area contributed by atoms with E-state index >= 15 is 0 Å². The number of alkyl halides is 3. The minimum absolute atomic E-state index is 0.194. The third kappa shape index (κ3) is 4.00. The van der Waals surface area contributed by atoms with Gasteiger partial charge in [0.05, 0.1) is 23.0 Å². The summed E-state index contributed by atoms with van der Waals surface area (Å²) in [5, 5.41) is 6.98. The summed E-state index contributed by atoms with van der Waals surface area (Å²) in [6.07, 6.45) is -1.36. The van der Waals surface area contributed by atoms with E-state index in [2.05, 4.69) is 32.4 Å². The van der Waals surface area contributed by atoms with Crippen LogP contribution in [0.2, 0.25) is 0 Å². The summed E-state index contributed by atoms with van der Waals surface area (Å²) >= 11 is 0. The third-order valence-electron chi connectivity index (χ3n) is 5.87. The molecule has 1 aliphatic heterocycles. The van der Waals surface area contributed by atoms with E-state index < -0.39 is 11.7 Å². The Morgan fingerprint density at radius 2 is 1.76 bits per heavy atom. The zero-order valence-electron chi connectivity index (χ0n) is 18.2. The number of carbonyl (C=O) groups is 1. The lowest BCUT2D eigenvalue weighted by Gasteiger charge is -2.20. The van der Waals surface area contributed by atoms with Crippen molar-refractivity contribution >= 4 is 23.0 Å². The number of benzene rings is 2. The van der Waals surface area contributed by atoms with Gasteiger partial charge in [0, 0.05) is 29.8 Å². The molecule has 3 heterocycles. The first-order chi connectivity index (χ1) is 16.3. The molecule has 6 nitrogen and oxygen atoms in total. The van der Waals surface area contributed by atoms with E-state index in [1.807, 2.05) is 36.4 Å². The number of nitrogens with zero attached hydrogens (tertiary/aromatic N) is 4. The normalized spacial score (nSPS) is 13.1. The van der Waals surface area contributed by atoms with Gasteiger partial charge in [0.2, 0.25) is 0 Å². The Hall–Kier alpha value is -4.14. The van der Waals surface area contributed by atoms with Gasteiger partial charge in [-0.15, -0.1) is 0 Å². The second-order valence-corrected chi connectivity index (χ2v) is 7.99. The third-order valence-corrected chi connectivity index (χ3v) is 5.87. The number of hydrogen-bond donors (Lipinski definition) is 1. The van der Waals surface area contributed by atoms with Gasteiger partial charge in [0.15, 0.2) is 5.82 Å². The maximum atomic E-state index is 12.8. The Bertz CT molecular complexity index is 1340. The van der Waals surface area contributed by atoms with Crippen LogP contribution in [0.1, 0.15) is 27.2 Å². The smallest absolute Gasteiger partial charge is 0.341 e. The number of para-hydroxylation sites is 1. The van der Waals surface area contributed by atoms with E-state index in [0.29, 0.717) is 16.9 Å². The van der Waals surface area contributed by atoms with E-state index in [4.69, 9.17) is 0 Å². The predicted molar refractivity (Wildman–Crippen MR) is 123 cm³/mol. The first-order valence-corrected chi connectivity index (χ1v) is 10.7. The lowest BCUT2D eigenvalue weighted by Crippen LogP contribution is -2.15. The van der Waals surface area contributed by atoms with Gasteiger partial charge in [-0.1, -0.05) is 18.2 Å². The average Bonchev–Trinajstić information content (AvgIpc) is 3.43. The number of aromatic nitrogens is 3. The highest BCUT2D eigenvalue weighted by Gasteiger charge is 2.31. The fraction of sp³-hybridized carbons (Fsp3) is 0.160. The van der Waals surface area contributed by atoms with Crippen molar-refractivity contribution < 1.29 is 18.0 Å². The summed E-state index contributed by atoms with van der Waals surface area (Å²) in [4.78, 5) is 18.9. The molecule has 0 unspecified atom stereocenters. The van der Waals surface area contributed by atoms with Crippen LogP contribution in [0.25, 0.3) is 5.82 Å². The van der Waals surface area contributed by atoms with Crippen LogP contribution in [0, 0.1) is 6.92 Å². The molecule has 0 atom stereocenters. The summed E-state index contributed by atoms with van der Waals surface area (Å²) < 4.78 is 39.7. The number of rotatable bonds is 4. The minimum atomic E-state index is -4.47. The van der Waals surface area contributed by atoms with Crippen molar-refractivity contribution in [2.24, 2.45) is 0 Å². The molecule has 2 aromatic heterocycles. The maximum absolute atomic E-state index is 12.8. The molecule has 5 rings (SSSR count). The number of pyridine rings is 1. The summed E-state index contributed by atoms with van der Waals surface area (Å²) in [6.45, 7) is 2.57. The van der Waals surface area contributed by atoms with E-state index in [-0.39, 0.29) is 11.7 Å². The SMILES string of the molecule is Cc1c(C(=O)Nc2ccc(N3CCc4ccccc43)cc2)cnn1-c1ccc(C(F)(F)F)cn1. The van der Waals surface area contributed by atoms with Gasteiger partial charge < -0.3 is 10.2 Å². The zero-order chi connectivity index (χ0) is 23.9. The quantitative estimate of drug-likeness (QED) is 0.432. The summed E-state index contributed by atoms with van der Waals surface area (Å²) in [7, 11) is 0. The molecule has 0 saturated heterocycles. The maximum Gasteiger partial charge on any atom is 0.417 e. The number of fused-ring (bicyclic) bond motifs is 1. The molecule has 0 spiro atoms. The molecule has 4 aromatic rings. The fourth-order valence-electron chi connectivity index (χ4n) is 4.07. The molecule has 9 heteroatoms. The van der Waals surface area contributed by atoms with Gasteiger partial charge in [-0.25, -0.2) is 9.67 Å². The Labute approximate surface area is 193 Å². The van der Waals surface area contributed by atoms with Crippen LogP contribution < -0.4 is 10.2 Å². The van der Waals surface area contributed by atoms with Crippen molar-refractivity contribution in [3.63, 3.8) is 0 Å². The van der Waals surface area contributed by atoms with E-state index in [0.717, 1.165) is 30.9 Å². The number of carbonyl (C=O) groups excluding carboxylic acids is 1. The highest BCUT2D eigenvalue weighted by atomic mass is 19.4. The Morgan fingerprint density at radius 3 is 2.47 bits per heavy atom. The number of anilines is 3. The number of nitrogens with one attached hydrogen (secondary N) is 1. The molecule has 0 fully saturated rings. The Morgan fingerprint density at radius 1 is 1.00 bits per heavy atom. The molecule has 1 aliphatic rings. The number of hydrogen-bond acceptors (Lipinski definition) is 4. The monoisotopic (exact) mass is 463 g/mol. The largest absolute Gasteiger partial charge is 0.417 e. The van der Waals surface area contributed by atoms with E-state index in [9.17, 15) is 18.0 Å². The Kier molecular flexibility index (Phi) is 5.31. The molecular weight excluding hydrogens is 443 g/mol. The van der Waals surface area contributed by atoms with Crippen molar-refractivity contribution in [1.29, 1.82) is 0 Å². The molecule has 2 aromatic carbocycles. The van der Waals surface area contributed by atoms with Gasteiger partial charge in [-0.3, -0.25) is 4.79 Å². The van der Waals surface area contributed by atoms with Crippen molar-refractivity contribution in [3.05, 3.63) is 95.4 Å². The van der Waals surface area contributed by atoms with Crippen molar-refractivity contribution in [2.45, 2.75) is 19.5 Å². The van der Waals surface area contributed by atoms with Gasteiger partial charge >= 0.3 is 6.18 Å². The topological polar surface area (TPSA) is 63.1 Å². The minimum Gasteiger partial charge on any atom is -0.341 e. The molecule has 1 amide bonds. The van der Waals surface area contributed by atoms with Gasteiger partial charge in [0.1, 0.15) is 0 Å². The molecule has 1 N–H and O–H groups in total. The van der Waals surface area contributed by atoms with Crippen LogP contribution in [0.5, 0.6) is 0 Å². The molecular formula is C25H20F3N5O. The van der Waals surface area contributed by atoms with Crippen molar-refractivity contribution in [3.8, 4) is 5.82 Å². The van der Waals surface area contributed by atoms with Gasteiger partial charge in [-0.2, -0.15) is 18.3 Å². The van der Waals surface area contributed by atoms with Crippen molar-refractivity contribution in [2.75, 3.05) is 16.8 Å². The first kappa shape index (κ1) is 21.7. The van der Waals surface area contributed by atoms with Crippen LogP contribution in [-0.2, 0) is 12.6 Å². The van der Waals surface area contributed by atoms with Gasteiger partial charge in [-0.05, 0) is 61.4 Å². The molecule has 0 aliphatic carbocycles. The first-order valence-electron chi connectivity index (χ1n) is 10.7. The van der Waals surface area contributed by atoms with Crippen molar-refractivity contribution in [1.82, 2.24) is 14.8 Å². The zero-order valence-corrected chi connectivity index (χ0v) is 18.2. The van der Waals surface area contributed by atoms with Gasteiger partial charge in [0.25, 0.3) is 5.91 Å².